The van der Waals surface area contributed by atoms with Crippen LogP contribution in [0.3, 0.4) is 0 Å². The molecule has 3 aliphatic heterocycles. The van der Waals surface area contributed by atoms with Crippen molar-refractivity contribution in [3.8, 4) is 0 Å². The molecule has 2 fully saturated rings. The quantitative estimate of drug-likeness (QED) is 0.132. The second-order valence-corrected chi connectivity index (χ2v) is 19.1. The molecule has 0 unspecified atom stereocenters. The summed E-state index contributed by atoms with van der Waals surface area (Å²) in [6, 6.07) is 3.84. The zero-order valence-electron chi connectivity index (χ0n) is 40.5. The van der Waals surface area contributed by atoms with Crippen molar-refractivity contribution in [2.45, 2.75) is 162 Å². The Hall–Kier alpha value is -5.28. The van der Waals surface area contributed by atoms with Gasteiger partial charge in [-0.1, -0.05) is 105 Å². The van der Waals surface area contributed by atoms with E-state index in [1.54, 1.807) is 27.7 Å². The van der Waals surface area contributed by atoms with Gasteiger partial charge in [-0.25, -0.2) is 4.79 Å². The van der Waals surface area contributed by atoms with Crippen LogP contribution in [0.5, 0.6) is 0 Å². The third-order valence-electron chi connectivity index (χ3n) is 12.8. The number of likely N-dealkylation sites (N-methyl/N-ethyl adjacent to an activating group) is 1. The normalized spacial score (nSPS) is 20.5. The van der Waals surface area contributed by atoms with Crippen molar-refractivity contribution in [1.82, 2.24) is 30.2 Å². The number of amides is 7. The first kappa shape index (κ1) is 52.3. The van der Waals surface area contributed by atoms with Crippen LogP contribution in [0.15, 0.2) is 42.2 Å². The van der Waals surface area contributed by atoms with Crippen molar-refractivity contribution in [3.05, 3.63) is 47.7 Å². The van der Waals surface area contributed by atoms with Crippen molar-refractivity contribution in [2.24, 2.45) is 23.7 Å². The topological polar surface area (TPSA) is 192 Å². The van der Waals surface area contributed by atoms with Crippen LogP contribution < -0.4 is 10.6 Å². The average molecular weight is 907 g/mol. The molecule has 4 rings (SSSR count). The van der Waals surface area contributed by atoms with Gasteiger partial charge in [-0.05, 0) is 61.3 Å². The lowest BCUT2D eigenvalue weighted by molar-refractivity contribution is -0.170. The van der Waals surface area contributed by atoms with Crippen molar-refractivity contribution in [1.29, 1.82) is 0 Å². The molecular formula is C49H74N6O10. The van der Waals surface area contributed by atoms with E-state index in [9.17, 15) is 38.4 Å². The van der Waals surface area contributed by atoms with E-state index in [0.717, 1.165) is 23.3 Å². The van der Waals surface area contributed by atoms with Gasteiger partial charge in [0.05, 0.1) is 7.11 Å². The van der Waals surface area contributed by atoms with Gasteiger partial charge in [-0.3, -0.25) is 38.5 Å². The molecule has 0 radical (unpaired) electrons. The highest BCUT2D eigenvalue weighted by Crippen LogP contribution is 2.30. The number of esters is 1. The minimum absolute atomic E-state index is 0.230. The number of methoxy groups -OCH3 is 1. The average Bonchev–Trinajstić information content (AvgIpc) is 4.02. The number of benzene rings is 1. The minimum Gasteiger partial charge on any atom is -0.499 e. The van der Waals surface area contributed by atoms with Crippen LogP contribution in [0, 0.1) is 23.7 Å². The van der Waals surface area contributed by atoms with Gasteiger partial charge in [0.25, 0.3) is 11.8 Å². The molecule has 3 heterocycles. The standard InChI is InChI=1S/C49H74N6O10/c1-12-13-15-24-38(56)50-40(29(2)3)44(58)51-41(30(4)5)46(60)52(10)42(31(6)7)47(61)53-25-18-22-34(53)45(59)54-26-19-23-35(54)49(63)65-43(32(8)9)48(62)55-36(37(64-11)28-39(55)57)27-33-20-16-14-17-21-33/h14,16-17,20-21,28-32,34-36,40-43H,12-13,15,18-19,22-27H2,1-11H3,(H,50,56)(H,51,58)/t34-,35-,36-,40-,41-,42-,43-/m0/s1. The van der Waals surface area contributed by atoms with Crippen molar-refractivity contribution in [3.63, 3.8) is 0 Å². The summed E-state index contributed by atoms with van der Waals surface area (Å²) in [7, 11) is 2.96. The highest BCUT2D eigenvalue weighted by molar-refractivity contribution is 6.06. The number of imide groups is 1. The number of unbranched alkanes of at least 4 members (excludes halogenated alkanes) is 2. The van der Waals surface area contributed by atoms with Gasteiger partial charge in [0, 0.05) is 39.1 Å². The van der Waals surface area contributed by atoms with Gasteiger partial charge in [0.1, 0.15) is 42.0 Å². The SMILES string of the molecule is CCCCCC(=O)N[C@H](C(=O)N[C@H](C(=O)N(C)[C@H](C(=O)N1CCC[C@H]1C(=O)N1CCC[C@H]1C(=O)O[C@H](C(=O)N1C(=O)C=C(OC)[C@@H]1Cc1ccccc1)C(C)C)C(C)C)C(C)C)C(C)C. The molecular weight excluding hydrogens is 833 g/mol. The summed E-state index contributed by atoms with van der Waals surface area (Å²) >= 11 is 0. The van der Waals surface area contributed by atoms with Crippen LogP contribution in [0.1, 0.15) is 119 Å². The molecule has 0 spiro atoms. The van der Waals surface area contributed by atoms with E-state index in [-0.39, 0.29) is 43.2 Å². The van der Waals surface area contributed by atoms with Gasteiger partial charge in [-0.15, -0.1) is 0 Å². The summed E-state index contributed by atoms with van der Waals surface area (Å²) in [6.07, 6.45) is 4.75. The van der Waals surface area contributed by atoms with Crippen LogP contribution in [0.2, 0.25) is 0 Å². The van der Waals surface area contributed by atoms with Gasteiger partial charge in [0.15, 0.2) is 6.10 Å². The lowest BCUT2D eigenvalue weighted by Crippen LogP contribution is -2.61. The number of hydrogen-bond donors (Lipinski definition) is 2. The van der Waals surface area contributed by atoms with E-state index in [4.69, 9.17) is 9.47 Å². The van der Waals surface area contributed by atoms with Crippen LogP contribution in [-0.2, 0) is 54.3 Å². The first-order chi connectivity index (χ1) is 30.7. The van der Waals surface area contributed by atoms with Gasteiger partial charge in [-0.2, -0.15) is 0 Å². The predicted octanol–water partition coefficient (Wildman–Crippen LogP) is 4.39. The molecule has 0 aliphatic carbocycles. The van der Waals surface area contributed by atoms with E-state index in [0.29, 0.717) is 44.3 Å². The molecule has 2 saturated heterocycles. The number of hydrogen-bond acceptors (Lipinski definition) is 10. The van der Waals surface area contributed by atoms with Gasteiger partial charge >= 0.3 is 5.97 Å². The Morgan fingerprint density at radius 1 is 0.769 bits per heavy atom. The fourth-order valence-electron chi connectivity index (χ4n) is 9.12. The minimum atomic E-state index is -1.33. The Bertz CT molecular complexity index is 1900. The predicted molar refractivity (Wildman–Crippen MR) is 244 cm³/mol. The summed E-state index contributed by atoms with van der Waals surface area (Å²) in [4.78, 5) is 117. The highest BCUT2D eigenvalue weighted by atomic mass is 16.6. The molecule has 16 nitrogen and oxygen atoms in total. The second kappa shape index (κ2) is 23.8. The monoisotopic (exact) mass is 907 g/mol. The molecule has 0 saturated carbocycles. The molecule has 360 valence electrons. The zero-order valence-corrected chi connectivity index (χ0v) is 40.5. The first-order valence-electron chi connectivity index (χ1n) is 23.6. The molecule has 65 heavy (non-hydrogen) atoms. The van der Waals surface area contributed by atoms with E-state index in [1.165, 1.54) is 34.9 Å². The zero-order chi connectivity index (χ0) is 48.3. The fourth-order valence-corrected chi connectivity index (χ4v) is 9.12. The number of nitrogens with zero attached hydrogens (tertiary/aromatic N) is 4. The Balaban J connectivity index is 1.48. The molecule has 0 aromatic heterocycles. The van der Waals surface area contributed by atoms with Gasteiger partial charge in [0.2, 0.25) is 29.5 Å². The molecule has 1 aromatic carbocycles. The van der Waals surface area contributed by atoms with Crippen LogP contribution in [0.4, 0.5) is 0 Å². The van der Waals surface area contributed by atoms with E-state index in [2.05, 4.69) is 10.6 Å². The van der Waals surface area contributed by atoms with Crippen molar-refractivity contribution in [2.75, 3.05) is 27.2 Å². The lowest BCUT2D eigenvalue weighted by Gasteiger charge is -2.38. The van der Waals surface area contributed by atoms with E-state index >= 15 is 0 Å². The maximum Gasteiger partial charge on any atom is 0.329 e. The largest absolute Gasteiger partial charge is 0.499 e. The first-order valence-corrected chi connectivity index (χ1v) is 23.6. The smallest absolute Gasteiger partial charge is 0.329 e. The molecule has 7 atom stereocenters. The second-order valence-electron chi connectivity index (χ2n) is 19.1. The summed E-state index contributed by atoms with van der Waals surface area (Å²) in [6.45, 7) is 16.8. The summed E-state index contributed by atoms with van der Waals surface area (Å²) in [5, 5.41) is 5.71. The molecule has 0 bridgehead atoms. The molecule has 7 amide bonds. The Morgan fingerprint density at radius 3 is 1.95 bits per heavy atom. The van der Waals surface area contributed by atoms with Crippen LogP contribution in [-0.4, -0.2) is 137 Å². The number of rotatable bonds is 21. The molecule has 1 aromatic rings. The van der Waals surface area contributed by atoms with Gasteiger partial charge < -0.3 is 34.8 Å². The summed E-state index contributed by atoms with van der Waals surface area (Å²) in [5.74, 6) is -5.28. The summed E-state index contributed by atoms with van der Waals surface area (Å²) in [5.41, 5.74) is 0.878. The molecule has 16 heteroatoms. The number of carbonyl (C=O) groups is 8. The number of carbonyl (C=O) groups excluding carboxylic acids is 8. The maximum atomic E-state index is 14.6. The highest BCUT2D eigenvalue weighted by Gasteiger charge is 2.48. The van der Waals surface area contributed by atoms with E-state index < -0.39 is 89.7 Å². The maximum absolute atomic E-state index is 14.6. The Labute approximate surface area is 385 Å². The molecule has 3 aliphatic rings. The number of nitrogens with one attached hydrogen (secondary N) is 2. The summed E-state index contributed by atoms with van der Waals surface area (Å²) < 4.78 is 11.5. The Kier molecular flexibility index (Phi) is 19.1. The third kappa shape index (κ3) is 12.8. The van der Waals surface area contributed by atoms with Crippen LogP contribution in [0.25, 0.3) is 0 Å². The van der Waals surface area contributed by atoms with Crippen molar-refractivity contribution < 1.29 is 47.8 Å². The lowest BCUT2D eigenvalue weighted by atomic mass is 9.96. The fraction of sp³-hybridized carbons (Fsp3) is 0.673. The van der Waals surface area contributed by atoms with E-state index in [1.807, 2.05) is 65.0 Å². The molecule has 2 N–H and O–H groups in total. The third-order valence-corrected chi connectivity index (χ3v) is 12.8. The number of likely N-dealkylation sites (tertiary alicyclic amines) is 2. The Morgan fingerprint density at radius 2 is 1.38 bits per heavy atom. The van der Waals surface area contributed by atoms with Crippen LogP contribution >= 0.6 is 0 Å². The van der Waals surface area contributed by atoms with Crippen molar-refractivity contribution >= 4 is 47.3 Å². The number of ether oxygens (including phenoxy) is 2.